The molecule has 0 fully saturated rings. The molecule has 3 heteroatoms. The monoisotopic (exact) mass is 289 g/mol. The molecule has 1 atom stereocenters. The van der Waals surface area contributed by atoms with E-state index < -0.39 is 0 Å². The zero-order chi connectivity index (χ0) is 14.7. The van der Waals surface area contributed by atoms with E-state index in [0.29, 0.717) is 13.2 Å². The molecule has 20 heavy (non-hydrogen) atoms. The number of ether oxygens (including phenoxy) is 1. The lowest BCUT2D eigenvalue weighted by Crippen LogP contribution is -2.14. The molecule has 0 aliphatic heterocycles. The van der Waals surface area contributed by atoms with Gasteiger partial charge < -0.3 is 10.5 Å². The molecule has 1 heterocycles. The molecular weight excluding hydrogens is 266 g/mol. The van der Waals surface area contributed by atoms with Crippen LogP contribution in [0.2, 0.25) is 0 Å². The summed E-state index contributed by atoms with van der Waals surface area (Å²) in [5, 5.41) is 0. The Morgan fingerprint density at radius 2 is 1.85 bits per heavy atom. The minimum atomic E-state index is 0.217. The molecule has 2 aromatic rings. The van der Waals surface area contributed by atoms with Crippen LogP contribution < -0.4 is 10.5 Å². The van der Waals surface area contributed by atoms with E-state index in [0.717, 1.165) is 5.75 Å². The summed E-state index contributed by atoms with van der Waals surface area (Å²) in [6, 6.07) is 8.71. The third-order valence-electron chi connectivity index (χ3n) is 3.64. The number of hydrogen-bond acceptors (Lipinski definition) is 3. The van der Waals surface area contributed by atoms with Gasteiger partial charge in [0.2, 0.25) is 0 Å². The molecule has 1 unspecified atom stereocenters. The van der Waals surface area contributed by atoms with Crippen LogP contribution in [0.25, 0.3) is 0 Å². The zero-order valence-corrected chi connectivity index (χ0v) is 13.5. The zero-order valence-electron chi connectivity index (χ0n) is 12.7. The Morgan fingerprint density at radius 1 is 1.15 bits per heavy atom. The molecule has 0 saturated carbocycles. The van der Waals surface area contributed by atoms with Crippen molar-refractivity contribution in [3.63, 3.8) is 0 Å². The Balaban J connectivity index is 2.50. The molecule has 0 aliphatic rings. The van der Waals surface area contributed by atoms with E-state index in [2.05, 4.69) is 45.0 Å². The Hall–Kier alpha value is -1.32. The Kier molecular flexibility index (Phi) is 4.84. The van der Waals surface area contributed by atoms with E-state index in [1.807, 2.05) is 18.3 Å². The van der Waals surface area contributed by atoms with Gasteiger partial charge in [-0.2, -0.15) is 0 Å². The summed E-state index contributed by atoms with van der Waals surface area (Å²) in [5.41, 5.74) is 9.80. The van der Waals surface area contributed by atoms with Gasteiger partial charge in [-0.05, 0) is 57.0 Å². The van der Waals surface area contributed by atoms with Crippen molar-refractivity contribution in [2.24, 2.45) is 5.73 Å². The summed E-state index contributed by atoms with van der Waals surface area (Å²) in [6.45, 7) is 9.69. The van der Waals surface area contributed by atoms with Gasteiger partial charge >= 0.3 is 0 Å². The predicted octanol–water partition coefficient (Wildman–Crippen LogP) is 4.16. The standard InChI is InChI=1S/C17H23NOS/c1-5-19-16-9-12(3)11(2)8-14(16)15(10-18)17-7-6-13(4)20-17/h6-9,15H,5,10,18H2,1-4H3. The number of nitrogens with two attached hydrogens (primary N) is 1. The Bertz CT molecular complexity index is 589. The maximum atomic E-state index is 6.05. The highest BCUT2D eigenvalue weighted by Gasteiger charge is 2.19. The number of benzene rings is 1. The fraction of sp³-hybridized carbons (Fsp3) is 0.412. The molecule has 0 bridgehead atoms. The van der Waals surface area contributed by atoms with E-state index in [-0.39, 0.29) is 5.92 Å². The van der Waals surface area contributed by atoms with Gasteiger partial charge in [-0.1, -0.05) is 6.07 Å². The molecule has 2 rings (SSSR count). The number of rotatable bonds is 5. The summed E-state index contributed by atoms with van der Waals surface area (Å²) >= 11 is 1.82. The van der Waals surface area contributed by atoms with Crippen LogP contribution in [0.5, 0.6) is 5.75 Å². The van der Waals surface area contributed by atoms with Crippen LogP contribution in [0.15, 0.2) is 24.3 Å². The number of aryl methyl sites for hydroxylation is 3. The van der Waals surface area contributed by atoms with Crippen LogP contribution in [0.4, 0.5) is 0 Å². The first-order chi connectivity index (χ1) is 9.56. The van der Waals surface area contributed by atoms with Gasteiger partial charge in [0.1, 0.15) is 5.75 Å². The highest BCUT2D eigenvalue weighted by Crippen LogP contribution is 2.36. The summed E-state index contributed by atoms with van der Waals surface area (Å²) in [4.78, 5) is 2.63. The van der Waals surface area contributed by atoms with E-state index in [1.165, 1.54) is 26.4 Å². The summed E-state index contributed by atoms with van der Waals surface area (Å²) in [7, 11) is 0. The van der Waals surface area contributed by atoms with E-state index in [4.69, 9.17) is 10.5 Å². The van der Waals surface area contributed by atoms with Crippen LogP contribution in [-0.2, 0) is 0 Å². The minimum Gasteiger partial charge on any atom is -0.494 e. The first-order valence-electron chi connectivity index (χ1n) is 7.07. The average Bonchev–Trinajstić information content (AvgIpc) is 2.83. The average molecular weight is 289 g/mol. The predicted molar refractivity (Wildman–Crippen MR) is 87.0 cm³/mol. The molecule has 0 spiro atoms. The highest BCUT2D eigenvalue weighted by atomic mass is 32.1. The maximum Gasteiger partial charge on any atom is 0.123 e. The van der Waals surface area contributed by atoms with E-state index >= 15 is 0 Å². The quantitative estimate of drug-likeness (QED) is 0.897. The molecule has 1 aromatic carbocycles. The van der Waals surface area contributed by atoms with Crippen LogP contribution in [0.3, 0.4) is 0 Å². The second kappa shape index (κ2) is 6.42. The minimum absolute atomic E-state index is 0.217. The molecule has 2 nitrogen and oxygen atoms in total. The van der Waals surface area contributed by atoms with Gasteiger partial charge in [0.15, 0.2) is 0 Å². The summed E-state index contributed by atoms with van der Waals surface area (Å²) in [6.07, 6.45) is 0. The Labute approximate surface area is 125 Å². The molecule has 0 radical (unpaired) electrons. The van der Waals surface area contributed by atoms with E-state index in [9.17, 15) is 0 Å². The van der Waals surface area contributed by atoms with Crippen molar-refractivity contribution in [2.75, 3.05) is 13.2 Å². The van der Waals surface area contributed by atoms with Crippen molar-refractivity contribution in [1.29, 1.82) is 0 Å². The molecule has 108 valence electrons. The first-order valence-corrected chi connectivity index (χ1v) is 7.88. The van der Waals surface area contributed by atoms with Gasteiger partial charge in [0.25, 0.3) is 0 Å². The topological polar surface area (TPSA) is 35.2 Å². The Morgan fingerprint density at radius 3 is 2.40 bits per heavy atom. The van der Waals surface area contributed by atoms with Crippen molar-refractivity contribution >= 4 is 11.3 Å². The SMILES string of the molecule is CCOc1cc(C)c(C)cc1C(CN)c1ccc(C)s1. The van der Waals surface area contributed by atoms with Gasteiger partial charge in [0, 0.05) is 27.8 Å². The van der Waals surface area contributed by atoms with Crippen molar-refractivity contribution in [3.8, 4) is 5.75 Å². The third kappa shape index (κ3) is 3.05. The molecule has 0 amide bonds. The lowest BCUT2D eigenvalue weighted by Gasteiger charge is -2.20. The van der Waals surface area contributed by atoms with Crippen LogP contribution in [0, 0.1) is 20.8 Å². The van der Waals surface area contributed by atoms with Crippen molar-refractivity contribution in [2.45, 2.75) is 33.6 Å². The number of hydrogen-bond donors (Lipinski definition) is 1. The first kappa shape index (κ1) is 15.1. The van der Waals surface area contributed by atoms with Crippen molar-refractivity contribution in [3.05, 3.63) is 50.7 Å². The molecular formula is C17H23NOS. The molecule has 0 saturated heterocycles. The largest absolute Gasteiger partial charge is 0.494 e. The van der Waals surface area contributed by atoms with E-state index in [1.54, 1.807) is 0 Å². The van der Waals surface area contributed by atoms with Gasteiger partial charge in [-0.15, -0.1) is 11.3 Å². The van der Waals surface area contributed by atoms with Gasteiger partial charge in [-0.3, -0.25) is 0 Å². The maximum absolute atomic E-state index is 6.05. The van der Waals surface area contributed by atoms with Gasteiger partial charge in [0.05, 0.1) is 6.61 Å². The second-order valence-corrected chi connectivity index (χ2v) is 6.46. The van der Waals surface area contributed by atoms with Crippen molar-refractivity contribution < 1.29 is 4.74 Å². The molecule has 1 aromatic heterocycles. The highest BCUT2D eigenvalue weighted by molar-refractivity contribution is 7.12. The lowest BCUT2D eigenvalue weighted by molar-refractivity contribution is 0.335. The smallest absolute Gasteiger partial charge is 0.123 e. The van der Waals surface area contributed by atoms with Crippen molar-refractivity contribution in [1.82, 2.24) is 0 Å². The van der Waals surface area contributed by atoms with Crippen LogP contribution >= 0.6 is 11.3 Å². The normalized spacial score (nSPS) is 12.4. The molecule has 2 N–H and O–H groups in total. The van der Waals surface area contributed by atoms with Crippen LogP contribution in [0.1, 0.15) is 39.3 Å². The fourth-order valence-corrected chi connectivity index (χ4v) is 3.41. The summed E-state index contributed by atoms with van der Waals surface area (Å²) in [5.74, 6) is 1.19. The lowest BCUT2D eigenvalue weighted by atomic mass is 9.93. The molecule has 0 aliphatic carbocycles. The third-order valence-corrected chi connectivity index (χ3v) is 4.76. The summed E-state index contributed by atoms with van der Waals surface area (Å²) < 4.78 is 5.83. The number of thiophene rings is 1. The van der Waals surface area contributed by atoms with Gasteiger partial charge in [-0.25, -0.2) is 0 Å². The fourth-order valence-electron chi connectivity index (χ4n) is 2.40. The van der Waals surface area contributed by atoms with Crippen LogP contribution in [-0.4, -0.2) is 13.2 Å². The second-order valence-electron chi connectivity index (χ2n) is 5.14.